The molecule has 0 bridgehead atoms. The summed E-state index contributed by atoms with van der Waals surface area (Å²) in [7, 11) is 0. The van der Waals surface area contributed by atoms with Gasteiger partial charge in [-0.25, -0.2) is 13.6 Å². The fourth-order valence-electron chi connectivity index (χ4n) is 1.96. The van der Waals surface area contributed by atoms with Crippen molar-refractivity contribution in [1.29, 1.82) is 0 Å². The van der Waals surface area contributed by atoms with Crippen LogP contribution in [0.4, 0.5) is 20.2 Å². The fourth-order valence-corrected chi connectivity index (χ4v) is 1.96. The van der Waals surface area contributed by atoms with E-state index in [2.05, 4.69) is 10.6 Å². The minimum Gasteiger partial charge on any atom is -0.452 e. The molecule has 2 N–H and O–H groups in total. The number of hydrogen-bond acceptors (Lipinski definition) is 4. The van der Waals surface area contributed by atoms with Gasteiger partial charge in [0.2, 0.25) is 5.91 Å². The molecule has 6 nitrogen and oxygen atoms in total. The number of esters is 1. The lowest BCUT2D eigenvalue weighted by atomic mass is 10.2. The molecule has 0 aliphatic carbocycles. The number of halogens is 2. The van der Waals surface area contributed by atoms with Crippen LogP contribution < -0.4 is 10.6 Å². The average Bonchev–Trinajstić information content (AvgIpc) is 2.51. The van der Waals surface area contributed by atoms with Gasteiger partial charge in [-0.05, 0) is 30.3 Å². The Morgan fingerprint density at radius 1 is 0.960 bits per heavy atom. The number of carbonyl (C=O) groups excluding carboxylic acids is 3. The number of benzene rings is 2. The predicted octanol–water partition coefficient (Wildman–Crippen LogP) is 2.72. The highest BCUT2D eigenvalue weighted by atomic mass is 19.1. The number of ether oxygens (including phenoxy) is 1. The normalized spacial score (nSPS) is 10.0. The van der Waals surface area contributed by atoms with Crippen molar-refractivity contribution in [3.05, 3.63) is 59.7 Å². The molecule has 0 fully saturated rings. The third-order valence-electron chi connectivity index (χ3n) is 2.90. The minimum atomic E-state index is -1.03. The molecule has 8 heteroatoms. The largest absolute Gasteiger partial charge is 0.452 e. The van der Waals surface area contributed by atoms with Crippen molar-refractivity contribution in [3.63, 3.8) is 0 Å². The summed E-state index contributed by atoms with van der Waals surface area (Å²) in [6.07, 6.45) is 0. The molecule has 0 aliphatic heterocycles. The van der Waals surface area contributed by atoms with Crippen LogP contribution in [0.15, 0.2) is 42.5 Å². The van der Waals surface area contributed by atoms with Crippen molar-refractivity contribution < 1.29 is 27.9 Å². The van der Waals surface area contributed by atoms with Gasteiger partial charge in [-0.15, -0.1) is 0 Å². The van der Waals surface area contributed by atoms with Crippen LogP contribution in [0.1, 0.15) is 17.3 Å². The van der Waals surface area contributed by atoms with Crippen LogP contribution in [0, 0.1) is 11.6 Å². The highest BCUT2D eigenvalue weighted by molar-refractivity contribution is 5.96. The van der Waals surface area contributed by atoms with Crippen LogP contribution in [-0.2, 0) is 14.3 Å². The number of carbonyl (C=O) groups is 3. The fraction of sp³-hybridized carbons (Fsp3) is 0.118. The molecule has 0 unspecified atom stereocenters. The van der Waals surface area contributed by atoms with Crippen molar-refractivity contribution in [2.24, 2.45) is 0 Å². The minimum absolute atomic E-state index is 0.264. The summed E-state index contributed by atoms with van der Waals surface area (Å²) in [4.78, 5) is 34.5. The van der Waals surface area contributed by atoms with E-state index in [9.17, 15) is 23.2 Å². The van der Waals surface area contributed by atoms with E-state index in [0.717, 1.165) is 12.1 Å². The molecular weight excluding hydrogens is 334 g/mol. The third-order valence-corrected chi connectivity index (χ3v) is 2.90. The number of anilines is 2. The van der Waals surface area contributed by atoms with E-state index in [-0.39, 0.29) is 11.5 Å². The van der Waals surface area contributed by atoms with Gasteiger partial charge < -0.3 is 15.4 Å². The SMILES string of the molecule is CC(=O)Nc1cccc(NC(=O)COC(=O)c2cc(F)cc(F)c2)c1. The second kappa shape index (κ2) is 8.00. The lowest BCUT2D eigenvalue weighted by molar-refractivity contribution is -0.119. The first kappa shape index (κ1) is 18.1. The van der Waals surface area contributed by atoms with E-state index >= 15 is 0 Å². The van der Waals surface area contributed by atoms with Crippen LogP contribution in [0.25, 0.3) is 0 Å². The maximum absolute atomic E-state index is 13.0. The van der Waals surface area contributed by atoms with E-state index in [1.807, 2.05) is 0 Å². The monoisotopic (exact) mass is 348 g/mol. The average molecular weight is 348 g/mol. The summed E-state index contributed by atoms with van der Waals surface area (Å²) >= 11 is 0. The smallest absolute Gasteiger partial charge is 0.338 e. The lowest BCUT2D eigenvalue weighted by Gasteiger charge is -2.08. The zero-order valence-electron chi connectivity index (χ0n) is 13.1. The molecule has 0 radical (unpaired) electrons. The van der Waals surface area contributed by atoms with Crippen LogP contribution in [0.3, 0.4) is 0 Å². The van der Waals surface area contributed by atoms with Gasteiger partial charge in [-0.2, -0.15) is 0 Å². The van der Waals surface area contributed by atoms with Gasteiger partial charge in [0.05, 0.1) is 5.56 Å². The van der Waals surface area contributed by atoms with Crippen LogP contribution in [0.5, 0.6) is 0 Å². The summed E-state index contributed by atoms with van der Waals surface area (Å²) in [5.74, 6) is -3.79. The van der Waals surface area contributed by atoms with Crippen molar-refractivity contribution in [3.8, 4) is 0 Å². The van der Waals surface area contributed by atoms with Gasteiger partial charge >= 0.3 is 5.97 Å². The molecule has 0 saturated carbocycles. The summed E-state index contributed by atoms with van der Waals surface area (Å²) in [6.45, 7) is 0.710. The first-order valence-electron chi connectivity index (χ1n) is 7.14. The highest BCUT2D eigenvalue weighted by Gasteiger charge is 2.13. The Balaban J connectivity index is 1.92. The Bertz CT molecular complexity index is 804. The molecule has 0 aliphatic rings. The summed E-state index contributed by atoms with van der Waals surface area (Å²) in [6, 6.07) is 8.57. The van der Waals surface area contributed by atoms with Crippen LogP contribution >= 0.6 is 0 Å². The number of hydrogen-bond donors (Lipinski definition) is 2. The second-order valence-electron chi connectivity index (χ2n) is 5.04. The van der Waals surface area contributed by atoms with Gasteiger partial charge in [0.1, 0.15) is 11.6 Å². The second-order valence-corrected chi connectivity index (χ2v) is 5.04. The maximum atomic E-state index is 13.0. The van der Waals surface area contributed by atoms with E-state index in [4.69, 9.17) is 4.74 Å². The van der Waals surface area contributed by atoms with Crippen molar-refractivity contribution >= 4 is 29.2 Å². The van der Waals surface area contributed by atoms with Crippen molar-refractivity contribution in [1.82, 2.24) is 0 Å². The van der Waals surface area contributed by atoms with Gasteiger partial charge in [-0.1, -0.05) is 6.07 Å². The Morgan fingerprint density at radius 2 is 1.56 bits per heavy atom. The highest BCUT2D eigenvalue weighted by Crippen LogP contribution is 2.15. The number of amides is 2. The zero-order valence-corrected chi connectivity index (χ0v) is 13.1. The Morgan fingerprint density at radius 3 is 2.16 bits per heavy atom. The van der Waals surface area contributed by atoms with Gasteiger partial charge in [-0.3, -0.25) is 9.59 Å². The quantitative estimate of drug-likeness (QED) is 0.814. The molecule has 2 aromatic carbocycles. The lowest BCUT2D eigenvalue weighted by Crippen LogP contribution is -2.21. The van der Waals surface area contributed by atoms with E-state index < -0.39 is 30.1 Å². The molecule has 2 amide bonds. The molecule has 2 aromatic rings. The standard InChI is InChI=1S/C17H14F2N2O4/c1-10(22)20-14-3-2-4-15(8-14)21-16(23)9-25-17(24)11-5-12(18)7-13(19)6-11/h2-8H,9H2,1H3,(H,20,22)(H,21,23). The van der Waals surface area contributed by atoms with Crippen LogP contribution in [0.2, 0.25) is 0 Å². The Labute approximate surface area is 141 Å². The first-order chi connectivity index (χ1) is 11.8. The summed E-state index contributed by atoms with van der Waals surface area (Å²) < 4.78 is 30.8. The van der Waals surface area contributed by atoms with E-state index in [1.165, 1.54) is 13.0 Å². The van der Waals surface area contributed by atoms with Gasteiger partial charge in [0, 0.05) is 24.4 Å². The predicted molar refractivity (Wildman–Crippen MR) is 86.0 cm³/mol. The van der Waals surface area contributed by atoms with E-state index in [0.29, 0.717) is 17.4 Å². The van der Waals surface area contributed by atoms with Gasteiger partial charge in [0.15, 0.2) is 6.61 Å². The third kappa shape index (κ3) is 5.69. The Hall–Kier alpha value is -3.29. The number of rotatable bonds is 5. The zero-order chi connectivity index (χ0) is 18.4. The molecule has 25 heavy (non-hydrogen) atoms. The molecule has 0 heterocycles. The first-order valence-corrected chi connectivity index (χ1v) is 7.14. The summed E-state index contributed by atoms with van der Waals surface area (Å²) in [5, 5.41) is 5.02. The summed E-state index contributed by atoms with van der Waals surface area (Å²) in [5.41, 5.74) is 0.527. The van der Waals surface area contributed by atoms with Gasteiger partial charge in [0.25, 0.3) is 5.91 Å². The molecule has 0 saturated heterocycles. The molecule has 0 atom stereocenters. The number of nitrogens with one attached hydrogen (secondary N) is 2. The van der Waals surface area contributed by atoms with Crippen molar-refractivity contribution in [2.75, 3.05) is 17.2 Å². The van der Waals surface area contributed by atoms with E-state index in [1.54, 1.807) is 18.2 Å². The molecule has 0 spiro atoms. The molecule has 0 aromatic heterocycles. The molecular formula is C17H14F2N2O4. The molecule has 130 valence electrons. The van der Waals surface area contributed by atoms with Crippen LogP contribution in [-0.4, -0.2) is 24.4 Å². The Kier molecular flexibility index (Phi) is 5.78. The molecule has 2 rings (SSSR count). The van der Waals surface area contributed by atoms with Crippen molar-refractivity contribution in [2.45, 2.75) is 6.92 Å². The topological polar surface area (TPSA) is 84.5 Å². The maximum Gasteiger partial charge on any atom is 0.338 e.